The molecule has 4 heteroatoms. The average molecular weight is 343 g/mol. The second-order valence-electron chi connectivity index (χ2n) is 4.57. The number of hydrogen-bond acceptors (Lipinski definition) is 1. The quantitative estimate of drug-likeness (QED) is 0.852. The zero-order chi connectivity index (χ0) is 14.0. The zero-order valence-electron chi connectivity index (χ0n) is 10.5. The van der Waals surface area contributed by atoms with Crippen LogP contribution in [0.25, 0.3) is 0 Å². The van der Waals surface area contributed by atoms with Crippen molar-refractivity contribution in [3.8, 4) is 0 Å². The molecule has 0 aliphatic carbocycles. The van der Waals surface area contributed by atoms with Gasteiger partial charge >= 0.3 is 0 Å². The Hall–Kier alpha value is -0.900. The summed E-state index contributed by atoms with van der Waals surface area (Å²) in [6.45, 7) is 1.98. The van der Waals surface area contributed by atoms with Crippen molar-refractivity contribution < 1.29 is 4.39 Å². The van der Waals surface area contributed by atoms with Crippen LogP contribution in [0.1, 0.15) is 22.7 Å². The van der Waals surface area contributed by atoms with Crippen molar-refractivity contribution in [2.24, 2.45) is 5.73 Å². The molecule has 1 nitrogen and oxygen atoms in total. The maximum atomic E-state index is 13.3. The molecule has 0 spiro atoms. The Balaban J connectivity index is 2.25. The smallest absolute Gasteiger partial charge is 0.123 e. The third-order valence-corrected chi connectivity index (χ3v) is 4.08. The molecule has 1 unspecified atom stereocenters. The first-order chi connectivity index (χ1) is 8.97. The molecule has 0 saturated heterocycles. The summed E-state index contributed by atoms with van der Waals surface area (Å²) < 4.78 is 14.1. The predicted molar refractivity (Wildman–Crippen MR) is 80.9 cm³/mol. The number of aryl methyl sites for hydroxylation is 1. The fraction of sp³-hybridized carbons (Fsp3) is 0.200. The van der Waals surface area contributed by atoms with E-state index >= 15 is 0 Å². The van der Waals surface area contributed by atoms with E-state index in [1.807, 2.05) is 25.1 Å². The highest BCUT2D eigenvalue weighted by atomic mass is 79.9. The fourth-order valence-corrected chi connectivity index (χ4v) is 2.82. The normalized spacial score (nSPS) is 12.5. The lowest BCUT2D eigenvalue weighted by Gasteiger charge is -2.15. The maximum Gasteiger partial charge on any atom is 0.123 e. The molecule has 0 amide bonds. The Morgan fingerprint density at radius 3 is 2.68 bits per heavy atom. The van der Waals surface area contributed by atoms with Crippen molar-refractivity contribution in [3.63, 3.8) is 0 Å². The van der Waals surface area contributed by atoms with Gasteiger partial charge in [-0.3, -0.25) is 0 Å². The number of hydrogen-bond donors (Lipinski definition) is 1. The molecule has 2 rings (SSSR count). The second-order valence-corrected chi connectivity index (χ2v) is 5.83. The van der Waals surface area contributed by atoms with Crippen LogP contribution in [0.2, 0.25) is 5.02 Å². The first kappa shape index (κ1) is 14.5. The number of benzene rings is 2. The van der Waals surface area contributed by atoms with Gasteiger partial charge in [0.1, 0.15) is 5.82 Å². The van der Waals surface area contributed by atoms with Gasteiger partial charge in [-0.25, -0.2) is 4.39 Å². The van der Waals surface area contributed by atoms with E-state index in [2.05, 4.69) is 15.9 Å². The molecule has 2 aromatic carbocycles. The maximum absolute atomic E-state index is 13.3. The topological polar surface area (TPSA) is 26.0 Å². The van der Waals surface area contributed by atoms with Crippen LogP contribution in [-0.4, -0.2) is 0 Å². The molecule has 0 saturated carbocycles. The first-order valence-corrected chi connectivity index (χ1v) is 7.10. The van der Waals surface area contributed by atoms with Gasteiger partial charge in [-0.15, -0.1) is 0 Å². The molecule has 0 fully saturated rings. The fourth-order valence-electron chi connectivity index (χ4n) is 1.96. The van der Waals surface area contributed by atoms with Crippen LogP contribution in [0.3, 0.4) is 0 Å². The molecule has 0 aliphatic heterocycles. The molecular weight excluding hydrogens is 329 g/mol. The number of halogens is 3. The molecule has 2 N–H and O–H groups in total. The van der Waals surface area contributed by atoms with E-state index in [-0.39, 0.29) is 11.9 Å². The second kappa shape index (κ2) is 6.04. The zero-order valence-corrected chi connectivity index (χ0v) is 12.8. The molecule has 0 aromatic heterocycles. The highest BCUT2D eigenvalue weighted by Gasteiger charge is 2.13. The van der Waals surface area contributed by atoms with Crippen LogP contribution < -0.4 is 5.73 Å². The summed E-state index contributed by atoms with van der Waals surface area (Å²) in [6, 6.07) is 10.1. The van der Waals surface area contributed by atoms with Crippen molar-refractivity contribution in [2.75, 3.05) is 0 Å². The Bertz CT molecular complexity index is 601. The van der Waals surface area contributed by atoms with Crippen LogP contribution in [0.15, 0.2) is 40.9 Å². The molecule has 100 valence electrons. The SMILES string of the molecule is Cc1ccc(CC(N)c2cc(F)ccc2Br)c(Cl)c1. The van der Waals surface area contributed by atoms with Gasteiger partial charge in [0.2, 0.25) is 0 Å². The van der Waals surface area contributed by atoms with Gasteiger partial charge in [-0.05, 0) is 54.3 Å². The Labute approximate surface area is 125 Å². The Kier molecular flexibility index (Phi) is 4.61. The van der Waals surface area contributed by atoms with E-state index in [1.165, 1.54) is 12.1 Å². The molecule has 0 heterocycles. The van der Waals surface area contributed by atoms with Crippen LogP contribution in [0, 0.1) is 12.7 Å². The Morgan fingerprint density at radius 1 is 1.26 bits per heavy atom. The molecular formula is C15H14BrClFN. The monoisotopic (exact) mass is 341 g/mol. The van der Waals surface area contributed by atoms with Gasteiger partial charge in [0.05, 0.1) is 0 Å². The number of nitrogens with two attached hydrogens (primary N) is 1. The summed E-state index contributed by atoms with van der Waals surface area (Å²) in [6.07, 6.45) is 0.571. The molecule has 0 radical (unpaired) electrons. The van der Waals surface area contributed by atoms with Crippen molar-refractivity contribution in [3.05, 3.63) is 68.4 Å². The highest BCUT2D eigenvalue weighted by molar-refractivity contribution is 9.10. The molecule has 0 bridgehead atoms. The third-order valence-electron chi connectivity index (χ3n) is 3.01. The van der Waals surface area contributed by atoms with E-state index in [1.54, 1.807) is 6.07 Å². The minimum absolute atomic E-state index is 0.288. The lowest BCUT2D eigenvalue weighted by atomic mass is 9.99. The van der Waals surface area contributed by atoms with E-state index < -0.39 is 0 Å². The molecule has 1 atom stereocenters. The van der Waals surface area contributed by atoms with Gasteiger partial charge in [-0.1, -0.05) is 39.7 Å². The van der Waals surface area contributed by atoms with Gasteiger partial charge in [-0.2, -0.15) is 0 Å². The summed E-state index contributed by atoms with van der Waals surface area (Å²) in [5.74, 6) is -0.288. The van der Waals surface area contributed by atoms with Crippen LogP contribution in [0.5, 0.6) is 0 Å². The minimum Gasteiger partial charge on any atom is -0.324 e. The standard InChI is InChI=1S/C15H14BrClFN/c1-9-2-3-10(14(17)6-9)7-15(19)12-8-11(18)4-5-13(12)16/h2-6,8,15H,7,19H2,1H3. The van der Waals surface area contributed by atoms with Crippen LogP contribution >= 0.6 is 27.5 Å². The summed E-state index contributed by atoms with van der Waals surface area (Å²) in [7, 11) is 0. The summed E-state index contributed by atoms with van der Waals surface area (Å²) in [5, 5.41) is 0.697. The minimum atomic E-state index is -0.301. The van der Waals surface area contributed by atoms with Gasteiger partial charge in [0.25, 0.3) is 0 Å². The van der Waals surface area contributed by atoms with E-state index in [0.717, 1.165) is 21.2 Å². The van der Waals surface area contributed by atoms with Crippen molar-refractivity contribution >= 4 is 27.5 Å². The Morgan fingerprint density at radius 2 is 2.00 bits per heavy atom. The van der Waals surface area contributed by atoms with Crippen LogP contribution in [0.4, 0.5) is 4.39 Å². The molecule has 19 heavy (non-hydrogen) atoms. The van der Waals surface area contributed by atoms with Crippen LogP contribution in [-0.2, 0) is 6.42 Å². The van der Waals surface area contributed by atoms with Crippen molar-refractivity contribution in [1.29, 1.82) is 0 Å². The molecule has 2 aromatic rings. The molecule has 0 aliphatic rings. The highest BCUT2D eigenvalue weighted by Crippen LogP contribution is 2.28. The average Bonchev–Trinajstić information content (AvgIpc) is 2.35. The predicted octanol–water partition coefficient (Wildman–Crippen LogP) is 4.79. The lowest BCUT2D eigenvalue weighted by molar-refractivity contribution is 0.617. The lowest BCUT2D eigenvalue weighted by Crippen LogP contribution is -2.14. The largest absolute Gasteiger partial charge is 0.324 e. The number of rotatable bonds is 3. The van der Waals surface area contributed by atoms with Gasteiger partial charge in [0, 0.05) is 15.5 Å². The summed E-state index contributed by atoms with van der Waals surface area (Å²) in [4.78, 5) is 0. The van der Waals surface area contributed by atoms with E-state index in [4.69, 9.17) is 17.3 Å². The summed E-state index contributed by atoms with van der Waals surface area (Å²) >= 11 is 9.59. The van der Waals surface area contributed by atoms with Gasteiger partial charge < -0.3 is 5.73 Å². The summed E-state index contributed by atoms with van der Waals surface area (Å²) in [5.41, 5.74) is 8.97. The van der Waals surface area contributed by atoms with Crippen molar-refractivity contribution in [1.82, 2.24) is 0 Å². The third kappa shape index (κ3) is 3.56. The first-order valence-electron chi connectivity index (χ1n) is 5.93. The van der Waals surface area contributed by atoms with Crippen molar-refractivity contribution in [2.45, 2.75) is 19.4 Å². The van der Waals surface area contributed by atoms with E-state index in [0.29, 0.717) is 11.4 Å². The van der Waals surface area contributed by atoms with E-state index in [9.17, 15) is 4.39 Å². The van der Waals surface area contributed by atoms with Gasteiger partial charge in [0.15, 0.2) is 0 Å².